The topological polar surface area (TPSA) is 87.7 Å². The molecular weight excluding hydrogens is 536 g/mol. The number of carbonyl (C=O) groups excluding carboxylic acids is 3. The molecule has 1 aliphatic heterocycles. The van der Waals surface area contributed by atoms with Gasteiger partial charge >= 0.3 is 0 Å². The molecule has 0 bridgehead atoms. The van der Waals surface area contributed by atoms with E-state index < -0.39 is 23.4 Å². The maximum absolute atomic E-state index is 13.5. The molecule has 0 spiro atoms. The minimum absolute atomic E-state index is 0.0152. The molecule has 3 amide bonds. The van der Waals surface area contributed by atoms with Crippen LogP contribution in [0.3, 0.4) is 0 Å². The monoisotopic (exact) mass is 557 g/mol. The van der Waals surface area contributed by atoms with Gasteiger partial charge in [-0.15, -0.1) is 0 Å². The van der Waals surface area contributed by atoms with E-state index in [1.807, 2.05) is 0 Å². The number of amides is 3. The molecule has 1 aliphatic rings. The first-order valence-corrected chi connectivity index (χ1v) is 12.8. The fourth-order valence-electron chi connectivity index (χ4n) is 3.92. The lowest BCUT2D eigenvalue weighted by Crippen LogP contribution is -2.32. The van der Waals surface area contributed by atoms with Crippen LogP contribution in [0.4, 0.5) is 25.8 Å². The zero-order valence-corrected chi connectivity index (χ0v) is 21.8. The number of nitrogens with zero attached hydrogens (tertiary/aromatic N) is 1. The van der Waals surface area contributed by atoms with Crippen molar-refractivity contribution >= 4 is 46.5 Å². The van der Waals surface area contributed by atoms with Gasteiger partial charge in [-0.1, -0.05) is 17.8 Å². The van der Waals surface area contributed by atoms with Crippen LogP contribution in [0.1, 0.15) is 10.4 Å². The molecule has 0 saturated heterocycles. The lowest BCUT2D eigenvalue weighted by Gasteiger charge is -2.15. The number of imide groups is 1. The second-order valence-electron chi connectivity index (χ2n) is 8.57. The number of methoxy groups -OCH3 is 1. The third-order valence-corrected chi connectivity index (χ3v) is 6.98. The molecule has 4 aromatic carbocycles. The van der Waals surface area contributed by atoms with Crippen molar-refractivity contribution in [3.63, 3.8) is 0 Å². The van der Waals surface area contributed by atoms with Crippen molar-refractivity contribution in [3.05, 3.63) is 125 Å². The largest absolute Gasteiger partial charge is 0.497 e. The molecule has 5 rings (SSSR count). The average Bonchev–Trinajstić information content (AvgIpc) is 3.18. The molecule has 0 atom stereocenters. The summed E-state index contributed by atoms with van der Waals surface area (Å²) in [6.07, 6.45) is 0. The molecule has 2 N–H and O–H groups in total. The number of hydrogen-bond acceptors (Lipinski definition) is 6. The zero-order chi connectivity index (χ0) is 28.2. The third-order valence-electron chi connectivity index (χ3n) is 5.90. The second-order valence-corrected chi connectivity index (χ2v) is 9.65. The number of benzene rings is 4. The van der Waals surface area contributed by atoms with E-state index in [-0.39, 0.29) is 22.2 Å². The SMILES string of the molecule is COc1ccc(C(=O)Nc2cccc(SC3=C(Nc4ccc(F)cc4)C(=O)N(c4ccc(F)cc4)C3=O)c2)cc1. The smallest absolute Gasteiger partial charge is 0.283 e. The number of hydrogen-bond donors (Lipinski definition) is 2. The Morgan fingerprint density at radius 3 is 2.10 bits per heavy atom. The Kier molecular flexibility index (Phi) is 7.61. The fraction of sp³-hybridized carbons (Fsp3) is 0.0333. The standard InChI is InChI=1S/C30H21F2N3O4S/c1-39-24-15-5-18(6-16-24)28(36)34-22-3-2-4-25(17-22)40-27-26(33-21-11-7-19(31)8-12-21)29(37)35(30(27)38)23-13-9-20(32)10-14-23/h2-17,33H,1H3,(H,34,36). The van der Waals surface area contributed by atoms with E-state index in [9.17, 15) is 23.2 Å². The highest BCUT2D eigenvalue weighted by Crippen LogP contribution is 2.38. The summed E-state index contributed by atoms with van der Waals surface area (Å²) in [5, 5.41) is 5.75. The van der Waals surface area contributed by atoms with Gasteiger partial charge in [-0.3, -0.25) is 14.4 Å². The molecular formula is C30H21F2N3O4S. The number of carbonyl (C=O) groups is 3. The van der Waals surface area contributed by atoms with Crippen molar-refractivity contribution in [2.24, 2.45) is 0 Å². The molecule has 0 unspecified atom stereocenters. The first kappa shape index (κ1) is 26.6. The molecule has 1 heterocycles. The normalized spacial score (nSPS) is 13.0. The van der Waals surface area contributed by atoms with Crippen LogP contribution in [0.2, 0.25) is 0 Å². The van der Waals surface area contributed by atoms with Crippen molar-refractivity contribution in [3.8, 4) is 5.75 Å². The van der Waals surface area contributed by atoms with Crippen molar-refractivity contribution in [1.29, 1.82) is 0 Å². The molecule has 0 radical (unpaired) electrons. The van der Waals surface area contributed by atoms with Crippen LogP contribution in [0.25, 0.3) is 0 Å². The number of anilines is 3. The fourth-order valence-corrected chi connectivity index (χ4v) is 4.90. The van der Waals surface area contributed by atoms with Crippen molar-refractivity contribution in [2.75, 3.05) is 22.6 Å². The number of nitrogens with one attached hydrogen (secondary N) is 2. The first-order valence-electron chi connectivity index (χ1n) is 12.0. The van der Waals surface area contributed by atoms with Gasteiger partial charge < -0.3 is 15.4 Å². The van der Waals surface area contributed by atoms with E-state index in [0.29, 0.717) is 27.6 Å². The number of rotatable bonds is 8. The molecule has 7 nitrogen and oxygen atoms in total. The molecule has 0 fully saturated rings. The molecule has 4 aromatic rings. The average molecular weight is 558 g/mol. The van der Waals surface area contributed by atoms with E-state index in [4.69, 9.17) is 4.74 Å². The molecule has 0 aliphatic carbocycles. The van der Waals surface area contributed by atoms with Gasteiger partial charge in [0.05, 0.1) is 12.8 Å². The van der Waals surface area contributed by atoms with Crippen LogP contribution in [0.5, 0.6) is 5.75 Å². The van der Waals surface area contributed by atoms with Crippen LogP contribution in [-0.2, 0) is 9.59 Å². The van der Waals surface area contributed by atoms with Crippen molar-refractivity contribution < 1.29 is 27.9 Å². The van der Waals surface area contributed by atoms with E-state index in [1.54, 1.807) is 48.5 Å². The third kappa shape index (κ3) is 5.71. The summed E-state index contributed by atoms with van der Waals surface area (Å²) < 4.78 is 32.1. The van der Waals surface area contributed by atoms with Gasteiger partial charge in [-0.05, 0) is 91.0 Å². The molecule has 200 valence electrons. The minimum atomic E-state index is -0.646. The van der Waals surface area contributed by atoms with Crippen LogP contribution in [0, 0.1) is 11.6 Å². The molecule has 0 saturated carbocycles. The number of thioether (sulfide) groups is 1. The minimum Gasteiger partial charge on any atom is -0.497 e. The number of ether oxygens (including phenoxy) is 1. The second kappa shape index (κ2) is 11.4. The maximum Gasteiger partial charge on any atom is 0.283 e. The van der Waals surface area contributed by atoms with Gasteiger partial charge in [0.1, 0.15) is 28.0 Å². The summed E-state index contributed by atoms with van der Waals surface area (Å²) in [6, 6.07) is 23.8. The Morgan fingerprint density at radius 2 is 1.45 bits per heavy atom. The Hall–Kier alpha value is -4.96. The zero-order valence-electron chi connectivity index (χ0n) is 21.0. The van der Waals surface area contributed by atoms with E-state index >= 15 is 0 Å². The molecule has 40 heavy (non-hydrogen) atoms. The van der Waals surface area contributed by atoms with Gasteiger partial charge in [-0.2, -0.15) is 0 Å². The molecule has 0 aromatic heterocycles. The lowest BCUT2D eigenvalue weighted by atomic mass is 10.2. The Balaban J connectivity index is 1.43. The van der Waals surface area contributed by atoms with Crippen molar-refractivity contribution in [1.82, 2.24) is 0 Å². The Morgan fingerprint density at radius 1 is 0.800 bits per heavy atom. The predicted molar refractivity (Wildman–Crippen MR) is 149 cm³/mol. The van der Waals surface area contributed by atoms with Gasteiger partial charge in [0.15, 0.2) is 0 Å². The quantitative estimate of drug-likeness (QED) is 0.250. The van der Waals surface area contributed by atoms with Crippen LogP contribution in [-0.4, -0.2) is 24.8 Å². The highest BCUT2D eigenvalue weighted by molar-refractivity contribution is 8.04. The summed E-state index contributed by atoms with van der Waals surface area (Å²) >= 11 is 1.03. The summed E-state index contributed by atoms with van der Waals surface area (Å²) in [6.45, 7) is 0. The Bertz CT molecular complexity index is 1620. The highest BCUT2D eigenvalue weighted by atomic mass is 32.2. The van der Waals surface area contributed by atoms with Gasteiger partial charge in [-0.25, -0.2) is 13.7 Å². The summed E-state index contributed by atoms with van der Waals surface area (Å²) in [5.41, 5.74) is 1.49. The van der Waals surface area contributed by atoms with Gasteiger partial charge in [0.2, 0.25) is 0 Å². The van der Waals surface area contributed by atoms with Crippen molar-refractivity contribution in [2.45, 2.75) is 4.90 Å². The van der Waals surface area contributed by atoms with E-state index in [1.165, 1.54) is 43.5 Å². The first-order chi connectivity index (χ1) is 19.3. The molecule has 10 heteroatoms. The highest BCUT2D eigenvalue weighted by Gasteiger charge is 2.40. The van der Waals surface area contributed by atoms with Gasteiger partial charge in [0.25, 0.3) is 17.7 Å². The lowest BCUT2D eigenvalue weighted by molar-refractivity contribution is -0.120. The van der Waals surface area contributed by atoms with Gasteiger partial charge in [0, 0.05) is 21.8 Å². The maximum atomic E-state index is 13.5. The van der Waals surface area contributed by atoms with Crippen LogP contribution >= 0.6 is 11.8 Å². The summed E-state index contributed by atoms with van der Waals surface area (Å²) in [7, 11) is 1.54. The Labute approximate surface area is 232 Å². The van der Waals surface area contributed by atoms with E-state index in [0.717, 1.165) is 28.8 Å². The summed E-state index contributed by atoms with van der Waals surface area (Å²) in [5.74, 6) is -1.93. The van der Waals surface area contributed by atoms with E-state index in [2.05, 4.69) is 10.6 Å². The summed E-state index contributed by atoms with van der Waals surface area (Å²) in [4.78, 5) is 41.3. The van der Waals surface area contributed by atoms with Crippen LogP contribution in [0.15, 0.2) is 113 Å². The predicted octanol–water partition coefficient (Wildman–Crippen LogP) is 6.21. The number of halogens is 2. The van der Waals surface area contributed by atoms with Crippen LogP contribution < -0.4 is 20.3 Å².